The minimum Gasteiger partial charge on any atom is -0.287 e. The van der Waals surface area contributed by atoms with Gasteiger partial charge in [0.1, 0.15) is 11.1 Å². The number of sulfonamides is 1. The van der Waals surface area contributed by atoms with E-state index in [4.69, 9.17) is 5.14 Å². The maximum atomic E-state index is 13.1. The summed E-state index contributed by atoms with van der Waals surface area (Å²) in [4.78, 5) is 17.4. The molecule has 20 heavy (non-hydrogen) atoms. The van der Waals surface area contributed by atoms with Gasteiger partial charge in [0.2, 0.25) is 15.9 Å². The Morgan fingerprint density at radius 1 is 1.45 bits per heavy atom. The molecule has 0 spiro atoms. The number of thiazole rings is 1. The molecule has 1 aromatic carbocycles. The molecule has 6 nitrogen and oxygen atoms in total. The number of anilines is 1. The molecule has 1 fully saturated rings. The monoisotopic (exact) mass is 315 g/mol. The Kier molecular flexibility index (Phi) is 3.00. The van der Waals surface area contributed by atoms with Gasteiger partial charge in [-0.05, 0) is 18.2 Å². The Morgan fingerprint density at radius 3 is 2.85 bits per heavy atom. The number of amides is 1. The van der Waals surface area contributed by atoms with E-state index in [1.165, 1.54) is 23.1 Å². The zero-order valence-corrected chi connectivity index (χ0v) is 11.7. The third kappa shape index (κ3) is 2.28. The maximum absolute atomic E-state index is 13.1. The van der Waals surface area contributed by atoms with Crippen molar-refractivity contribution in [2.75, 3.05) is 11.4 Å². The van der Waals surface area contributed by atoms with Crippen LogP contribution < -0.4 is 10.0 Å². The van der Waals surface area contributed by atoms with Crippen LogP contribution in [0.1, 0.15) is 6.42 Å². The van der Waals surface area contributed by atoms with Gasteiger partial charge >= 0.3 is 0 Å². The molecule has 1 aliphatic heterocycles. The molecule has 2 N–H and O–H groups in total. The maximum Gasteiger partial charge on any atom is 0.230 e. The van der Waals surface area contributed by atoms with Crippen LogP contribution in [-0.2, 0) is 14.8 Å². The SMILES string of the molecule is NS(=O)(=O)C1CC(=O)N(c2nc3ccc(F)cc3s2)C1. The number of aromatic nitrogens is 1. The molecule has 2 heterocycles. The summed E-state index contributed by atoms with van der Waals surface area (Å²) < 4.78 is 36.3. The second kappa shape index (κ2) is 4.47. The number of carbonyl (C=O) groups excluding carboxylic acids is 1. The van der Waals surface area contributed by atoms with Crippen LogP contribution in [0.25, 0.3) is 10.2 Å². The fourth-order valence-corrected chi connectivity index (χ4v) is 3.83. The van der Waals surface area contributed by atoms with Gasteiger partial charge in [0.15, 0.2) is 5.13 Å². The van der Waals surface area contributed by atoms with Gasteiger partial charge in [-0.15, -0.1) is 0 Å². The third-order valence-electron chi connectivity index (χ3n) is 3.12. The van der Waals surface area contributed by atoms with Crippen molar-refractivity contribution < 1.29 is 17.6 Å². The molecule has 1 aromatic heterocycles. The van der Waals surface area contributed by atoms with Crippen LogP contribution >= 0.6 is 11.3 Å². The summed E-state index contributed by atoms with van der Waals surface area (Å²) in [7, 11) is -3.76. The lowest BCUT2D eigenvalue weighted by Crippen LogP contribution is -2.32. The predicted octanol–water partition coefficient (Wildman–Crippen LogP) is 0.829. The van der Waals surface area contributed by atoms with Crippen LogP contribution in [0.15, 0.2) is 18.2 Å². The van der Waals surface area contributed by atoms with Gasteiger partial charge in [0.05, 0.1) is 10.2 Å². The van der Waals surface area contributed by atoms with Crippen LogP contribution in [0.3, 0.4) is 0 Å². The minimum absolute atomic E-state index is 0.0139. The van der Waals surface area contributed by atoms with Crippen molar-refractivity contribution in [1.29, 1.82) is 0 Å². The highest BCUT2D eigenvalue weighted by Gasteiger charge is 2.38. The van der Waals surface area contributed by atoms with Gasteiger partial charge in [-0.3, -0.25) is 9.69 Å². The fourth-order valence-electron chi connectivity index (χ4n) is 2.08. The molecule has 0 bridgehead atoms. The Hall–Kier alpha value is -1.58. The Labute approximate surface area is 118 Å². The van der Waals surface area contributed by atoms with Crippen molar-refractivity contribution in [3.63, 3.8) is 0 Å². The number of hydrogen-bond donors (Lipinski definition) is 1. The van der Waals surface area contributed by atoms with Gasteiger partial charge in [-0.2, -0.15) is 0 Å². The summed E-state index contributed by atoms with van der Waals surface area (Å²) >= 11 is 1.14. The standard InChI is InChI=1S/C11H10FN3O3S2/c12-6-1-2-8-9(3-6)19-11(14-8)15-5-7(4-10(15)16)20(13,17)18/h1-3,7H,4-5H2,(H2,13,17,18). The first-order valence-corrected chi connectivity index (χ1v) is 8.15. The molecular formula is C11H10FN3O3S2. The second-order valence-corrected chi connectivity index (χ2v) is 7.38. The van der Waals surface area contributed by atoms with Crippen LogP contribution in [0.4, 0.5) is 9.52 Å². The normalized spacial score (nSPS) is 20.0. The summed E-state index contributed by atoms with van der Waals surface area (Å²) in [6.07, 6.45) is -0.150. The highest BCUT2D eigenvalue weighted by molar-refractivity contribution is 7.89. The number of rotatable bonds is 2. The van der Waals surface area contributed by atoms with E-state index in [9.17, 15) is 17.6 Å². The van der Waals surface area contributed by atoms with E-state index in [2.05, 4.69) is 4.98 Å². The van der Waals surface area contributed by atoms with Gasteiger partial charge in [-0.1, -0.05) is 11.3 Å². The lowest BCUT2D eigenvalue weighted by Gasteiger charge is -2.11. The van der Waals surface area contributed by atoms with E-state index in [0.717, 1.165) is 11.3 Å². The van der Waals surface area contributed by atoms with E-state index in [1.54, 1.807) is 0 Å². The topological polar surface area (TPSA) is 93.4 Å². The number of fused-ring (bicyclic) bond motifs is 1. The number of nitrogens with zero attached hydrogens (tertiary/aromatic N) is 2. The molecular weight excluding hydrogens is 305 g/mol. The van der Waals surface area contributed by atoms with Crippen LogP contribution in [-0.4, -0.2) is 31.1 Å². The van der Waals surface area contributed by atoms with Crippen molar-refractivity contribution in [3.8, 4) is 0 Å². The average Bonchev–Trinajstić information content (AvgIpc) is 2.90. The number of primary sulfonamides is 1. The quantitative estimate of drug-likeness (QED) is 0.888. The Balaban J connectivity index is 1.97. The number of halogens is 1. The number of nitrogens with two attached hydrogens (primary N) is 1. The molecule has 1 unspecified atom stereocenters. The molecule has 1 atom stereocenters. The van der Waals surface area contributed by atoms with E-state index >= 15 is 0 Å². The summed E-state index contributed by atoms with van der Waals surface area (Å²) in [5.74, 6) is -0.730. The highest BCUT2D eigenvalue weighted by Crippen LogP contribution is 2.32. The van der Waals surface area contributed by atoms with Crippen molar-refractivity contribution in [2.45, 2.75) is 11.7 Å². The van der Waals surface area contributed by atoms with Crippen LogP contribution in [0.5, 0.6) is 0 Å². The average molecular weight is 315 g/mol. The zero-order chi connectivity index (χ0) is 14.5. The zero-order valence-electron chi connectivity index (χ0n) is 10.1. The third-order valence-corrected chi connectivity index (χ3v) is 5.41. The van der Waals surface area contributed by atoms with Crippen molar-refractivity contribution >= 4 is 42.6 Å². The molecule has 9 heteroatoms. The van der Waals surface area contributed by atoms with E-state index in [1.807, 2.05) is 0 Å². The largest absolute Gasteiger partial charge is 0.287 e. The second-order valence-electron chi connectivity index (χ2n) is 4.53. The molecule has 0 saturated carbocycles. The van der Waals surface area contributed by atoms with Gasteiger partial charge in [0, 0.05) is 13.0 Å². The first kappa shape index (κ1) is 13.4. The van der Waals surface area contributed by atoms with Gasteiger partial charge in [0.25, 0.3) is 0 Å². The van der Waals surface area contributed by atoms with Crippen molar-refractivity contribution in [2.24, 2.45) is 5.14 Å². The lowest BCUT2D eigenvalue weighted by atomic mass is 10.3. The number of hydrogen-bond acceptors (Lipinski definition) is 5. The summed E-state index contributed by atoms with van der Waals surface area (Å²) in [5.41, 5.74) is 0.568. The smallest absolute Gasteiger partial charge is 0.230 e. The van der Waals surface area contributed by atoms with Crippen molar-refractivity contribution in [1.82, 2.24) is 4.98 Å². The minimum atomic E-state index is -3.76. The van der Waals surface area contributed by atoms with Crippen LogP contribution in [0, 0.1) is 5.82 Å². The van der Waals surface area contributed by atoms with Gasteiger partial charge < -0.3 is 0 Å². The van der Waals surface area contributed by atoms with Crippen LogP contribution in [0.2, 0.25) is 0 Å². The molecule has 106 valence electrons. The predicted molar refractivity (Wildman–Crippen MR) is 73.4 cm³/mol. The summed E-state index contributed by atoms with van der Waals surface area (Å²) in [6.45, 7) is -0.0139. The molecule has 2 aromatic rings. The molecule has 0 aliphatic carbocycles. The number of benzene rings is 1. The molecule has 1 amide bonds. The fraction of sp³-hybridized carbons (Fsp3) is 0.273. The molecule has 1 aliphatic rings. The van der Waals surface area contributed by atoms with Crippen molar-refractivity contribution in [3.05, 3.63) is 24.0 Å². The lowest BCUT2D eigenvalue weighted by molar-refractivity contribution is -0.117. The van der Waals surface area contributed by atoms with E-state index in [0.29, 0.717) is 15.3 Å². The molecule has 3 rings (SSSR count). The summed E-state index contributed by atoms with van der Waals surface area (Å²) in [6, 6.07) is 4.13. The molecule has 1 saturated heterocycles. The van der Waals surface area contributed by atoms with Gasteiger partial charge in [-0.25, -0.2) is 22.9 Å². The van der Waals surface area contributed by atoms with E-state index in [-0.39, 0.29) is 24.7 Å². The van der Waals surface area contributed by atoms with E-state index < -0.39 is 15.3 Å². The Bertz CT molecular complexity index is 802. The summed E-state index contributed by atoms with van der Waals surface area (Å²) in [5, 5.41) is 4.51. The Morgan fingerprint density at radius 2 is 2.20 bits per heavy atom. The highest BCUT2D eigenvalue weighted by atomic mass is 32.2. The number of carbonyl (C=O) groups is 1. The molecule has 0 radical (unpaired) electrons. The first-order chi connectivity index (χ1) is 9.34. The first-order valence-electron chi connectivity index (χ1n) is 5.72.